The number of methoxy groups -OCH3 is 1. The monoisotopic (exact) mass is 408 g/mol. The van der Waals surface area contributed by atoms with E-state index in [1.807, 2.05) is 0 Å². The van der Waals surface area contributed by atoms with Gasteiger partial charge in [0.1, 0.15) is 6.10 Å². The van der Waals surface area contributed by atoms with Crippen molar-refractivity contribution in [1.82, 2.24) is 0 Å². The second-order valence-electron chi connectivity index (χ2n) is 6.94. The molecule has 0 bridgehead atoms. The summed E-state index contributed by atoms with van der Waals surface area (Å²) in [6.45, 7) is 5.17. The fourth-order valence-electron chi connectivity index (χ4n) is 3.01. The van der Waals surface area contributed by atoms with Gasteiger partial charge in [0.2, 0.25) is 0 Å². The van der Waals surface area contributed by atoms with Gasteiger partial charge < -0.3 is 23.7 Å². The second-order valence-corrected chi connectivity index (χ2v) is 9.94. The van der Waals surface area contributed by atoms with Crippen molar-refractivity contribution in [2.75, 3.05) is 33.5 Å². The summed E-state index contributed by atoms with van der Waals surface area (Å²) in [6, 6.07) is 3.80. The molecule has 0 N–H and O–H groups in total. The summed E-state index contributed by atoms with van der Waals surface area (Å²) in [5, 5.41) is 0. The summed E-state index contributed by atoms with van der Waals surface area (Å²) < 4.78 is 30.1. The average Bonchev–Trinajstić information content (AvgIpc) is 2.62. The third kappa shape index (κ3) is 8.34. The molecule has 5 atom stereocenters. The molecular formula is C17H40O5Si3. The fourth-order valence-corrected chi connectivity index (χ4v) is 3.88. The smallest absolute Gasteiger partial charge is 0.186 e. The van der Waals surface area contributed by atoms with Gasteiger partial charge >= 0.3 is 0 Å². The highest BCUT2D eigenvalue weighted by molar-refractivity contribution is 6.08. The molecule has 1 fully saturated rings. The van der Waals surface area contributed by atoms with Crippen LogP contribution in [0.5, 0.6) is 0 Å². The molecule has 0 aromatic rings. The van der Waals surface area contributed by atoms with Gasteiger partial charge in [-0.15, -0.1) is 0 Å². The van der Waals surface area contributed by atoms with E-state index in [1.165, 1.54) is 48.9 Å². The molecule has 5 nitrogen and oxygen atoms in total. The standard InChI is InChI=1S/C17H40O5Si3/c1-13-14(12-19-6-3-9-23)22-17(18-2)16(21-8-5-11-25)15(13)20-7-4-10-24/h13-17H,3-12H2,1-2,23-25H3. The summed E-state index contributed by atoms with van der Waals surface area (Å²) in [4.78, 5) is 0. The summed E-state index contributed by atoms with van der Waals surface area (Å²) in [7, 11) is 5.38. The van der Waals surface area contributed by atoms with E-state index in [0.717, 1.165) is 39.1 Å². The van der Waals surface area contributed by atoms with Gasteiger partial charge in [0.05, 0.1) is 18.8 Å². The maximum atomic E-state index is 6.26. The van der Waals surface area contributed by atoms with E-state index in [2.05, 4.69) is 6.92 Å². The van der Waals surface area contributed by atoms with E-state index in [0.29, 0.717) is 6.61 Å². The van der Waals surface area contributed by atoms with Crippen molar-refractivity contribution in [2.45, 2.75) is 68.9 Å². The van der Waals surface area contributed by atoms with Crippen LogP contribution < -0.4 is 0 Å². The summed E-state index contributed by atoms with van der Waals surface area (Å²) in [5.74, 6) is 0.234. The molecule has 5 unspecified atom stereocenters. The molecule has 1 saturated heterocycles. The Morgan fingerprint density at radius 1 is 0.840 bits per heavy atom. The van der Waals surface area contributed by atoms with Crippen LogP contribution in [0.2, 0.25) is 18.1 Å². The first-order valence-electron chi connectivity index (χ1n) is 10.2. The summed E-state index contributed by atoms with van der Waals surface area (Å²) in [5.41, 5.74) is 0. The van der Waals surface area contributed by atoms with Gasteiger partial charge in [-0.05, 0) is 19.3 Å². The van der Waals surface area contributed by atoms with E-state index >= 15 is 0 Å². The Balaban J connectivity index is 2.70. The lowest BCUT2D eigenvalue weighted by Gasteiger charge is -2.44. The SMILES string of the molecule is COC1OC(COCCC[SiH3])C(C)C(OCCC[SiH3])C1OCCC[SiH3]. The van der Waals surface area contributed by atoms with Crippen LogP contribution in [0, 0.1) is 5.92 Å². The van der Waals surface area contributed by atoms with Crippen molar-refractivity contribution >= 4 is 30.7 Å². The fraction of sp³-hybridized carbons (Fsp3) is 1.00. The largest absolute Gasteiger partial charge is 0.379 e. The van der Waals surface area contributed by atoms with Crippen LogP contribution in [-0.4, -0.2) is 88.9 Å². The minimum absolute atomic E-state index is 0.00140. The van der Waals surface area contributed by atoms with E-state index < -0.39 is 0 Å². The number of ether oxygens (including phenoxy) is 5. The first-order chi connectivity index (χ1) is 12.2. The van der Waals surface area contributed by atoms with Crippen molar-refractivity contribution in [3.8, 4) is 0 Å². The van der Waals surface area contributed by atoms with Crippen molar-refractivity contribution in [3.05, 3.63) is 0 Å². The molecule has 8 heteroatoms. The Hall–Kier alpha value is 0.451. The van der Waals surface area contributed by atoms with Crippen molar-refractivity contribution in [1.29, 1.82) is 0 Å². The molecular weight excluding hydrogens is 368 g/mol. The Bertz CT molecular complexity index is 325. The highest BCUT2D eigenvalue weighted by Crippen LogP contribution is 2.31. The van der Waals surface area contributed by atoms with Gasteiger partial charge in [-0.3, -0.25) is 0 Å². The number of hydrogen-bond acceptors (Lipinski definition) is 5. The second kappa shape index (κ2) is 14.5. The van der Waals surface area contributed by atoms with Gasteiger partial charge in [-0.25, -0.2) is 0 Å². The third-order valence-electron chi connectivity index (χ3n) is 4.78. The number of rotatable bonds is 14. The van der Waals surface area contributed by atoms with Crippen LogP contribution >= 0.6 is 0 Å². The zero-order valence-electron chi connectivity index (χ0n) is 17.0. The van der Waals surface area contributed by atoms with Crippen LogP contribution in [0.25, 0.3) is 0 Å². The molecule has 25 heavy (non-hydrogen) atoms. The maximum Gasteiger partial charge on any atom is 0.186 e. The predicted octanol–water partition coefficient (Wildman–Crippen LogP) is -0.698. The van der Waals surface area contributed by atoms with Gasteiger partial charge in [0.25, 0.3) is 0 Å². The normalized spacial score (nSPS) is 30.2. The van der Waals surface area contributed by atoms with Crippen LogP contribution in [0.1, 0.15) is 26.2 Å². The lowest BCUT2D eigenvalue weighted by atomic mass is 9.90. The minimum Gasteiger partial charge on any atom is -0.379 e. The first-order valence-corrected chi connectivity index (χ1v) is 14.4. The van der Waals surface area contributed by atoms with E-state index in [1.54, 1.807) is 7.11 Å². The molecule has 1 rings (SSSR count). The van der Waals surface area contributed by atoms with Crippen LogP contribution in [0.4, 0.5) is 0 Å². The van der Waals surface area contributed by atoms with Gasteiger partial charge in [-0.1, -0.05) is 25.1 Å². The van der Waals surface area contributed by atoms with Gasteiger partial charge in [-0.2, -0.15) is 0 Å². The lowest BCUT2D eigenvalue weighted by molar-refractivity contribution is -0.299. The molecule has 1 heterocycles. The van der Waals surface area contributed by atoms with E-state index in [-0.39, 0.29) is 30.5 Å². The molecule has 0 saturated carbocycles. The third-order valence-corrected chi connectivity index (χ3v) is 6.90. The molecule has 0 aliphatic carbocycles. The lowest BCUT2D eigenvalue weighted by Crippen LogP contribution is -2.57. The van der Waals surface area contributed by atoms with E-state index in [9.17, 15) is 0 Å². The predicted molar refractivity (Wildman–Crippen MR) is 113 cm³/mol. The molecule has 150 valence electrons. The quantitative estimate of drug-likeness (QED) is 0.281. The van der Waals surface area contributed by atoms with Crippen LogP contribution in [0.15, 0.2) is 0 Å². The molecule has 0 aromatic heterocycles. The molecule has 0 aromatic carbocycles. The topological polar surface area (TPSA) is 46.2 Å². The Morgan fingerprint density at radius 2 is 1.40 bits per heavy atom. The summed E-state index contributed by atoms with van der Waals surface area (Å²) in [6.07, 6.45) is 2.86. The minimum atomic E-state index is -0.376. The Morgan fingerprint density at radius 3 is 1.96 bits per heavy atom. The maximum absolute atomic E-state index is 6.26. The van der Waals surface area contributed by atoms with Gasteiger partial charge in [0, 0.05) is 63.6 Å². The zero-order chi connectivity index (χ0) is 18.5. The highest BCUT2D eigenvalue weighted by Gasteiger charge is 2.45. The van der Waals surface area contributed by atoms with Crippen molar-refractivity contribution in [3.63, 3.8) is 0 Å². The zero-order valence-corrected chi connectivity index (χ0v) is 23.0. The van der Waals surface area contributed by atoms with Crippen molar-refractivity contribution in [2.24, 2.45) is 5.92 Å². The van der Waals surface area contributed by atoms with Gasteiger partial charge in [0.15, 0.2) is 6.29 Å². The Kier molecular flexibility index (Phi) is 13.6. The van der Waals surface area contributed by atoms with Crippen molar-refractivity contribution < 1.29 is 23.7 Å². The average molecular weight is 409 g/mol. The molecule has 0 spiro atoms. The molecule has 0 amide bonds. The van der Waals surface area contributed by atoms with Crippen LogP contribution in [-0.2, 0) is 23.7 Å². The molecule has 1 aliphatic heterocycles. The van der Waals surface area contributed by atoms with Crippen LogP contribution in [0.3, 0.4) is 0 Å². The molecule has 0 radical (unpaired) electrons. The number of hydrogen-bond donors (Lipinski definition) is 0. The molecule has 1 aliphatic rings. The van der Waals surface area contributed by atoms with E-state index in [4.69, 9.17) is 23.7 Å². The highest BCUT2D eigenvalue weighted by atomic mass is 28.2. The summed E-state index contributed by atoms with van der Waals surface area (Å²) >= 11 is 0. The Labute approximate surface area is 163 Å². The first kappa shape index (κ1) is 23.5.